The van der Waals surface area contributed by atoms with Crippen LogP contribution in [-0.2, 0) is 0 Å². The van der Waals surface area contributed by atoms with Crippen LogP contribution in [0.3, 0.4) is 0 Å². The molecule has 1 aromatic heterocycles. The average molecular weight is 148 g/mol. The number of nitrogen functional groups attached to an aromatic ring is 1. The molecule has 1 heterocycles. The van der Waals surface area contributed by atoms with Crippen LogP contribution in [0.2, 0.25) is 5.15 Å². The Kier molecular flexibility index (Phi) is 1.48. The number of nitrogens with zero attached hydrogens (tertiary/aromatic N) is 2. The van der Waals surface area contributed by atoms with Gasteiger partial charge in [-0.25, -0.2) is 9.97 Å². The first-order chi connectivity index (χ1) is 4.20. The van der Waals surface area contributed by atoms with Gasteiger partial charge in [-0.1, -0.05) is 11.6 Å². The summed E-state index contributed by atoms with van der Waals surface area (Å²) < 4.78 is 12.1. The molecule has 0 aliphatic carbocycles. The van der Waals surface area contributed by atoms with Crippen LogP contribution in [0.4, 0.5) is 10.2 Å². The third kappa shape index (κ3) is 1.26. The van der Waals surface area contributed by atoms with E-state index in [-0.39, 0.29) is 11.0 Å². The van der Waals surface area contributed by atoms with Gasteiger partial charge in [0.1, 0.15) is 5.15 Å². The van der Waals surface area contributed by atoms with Crippen LogP contribution in [0.1, 0.15) is 0 Å². The first-order valence-corrected chi connectivity index (χ1v) is 2.51. The Morgan fingerprint density at radius 1 is 1.67 bits per heavy atom. The van der Waals surface area contributed by atoms with Crippen molar-refractivity contribution in [3.05, 3.63) is 17.3 Å². The van der Waals surface area contributed by atoms with Gasteiger partial charge >= 0.3 is 0 Å². The number of hydrogen-bond acceptors (Lipinski definition) is 3. The lowest BCUT2D eigenvalue weighted by Gasteiger charge is -1.91. The Balaban J connectivity index is 3.17. The second-order valence-electron chi connectivity index (χ2n) is 1.37. The summed E-state index contributed by atoms with van der Waals surface area (Å²) >= 11 is 5.30. The van der Waals surface area contributed by atoms with Gasteiger partial charge in [-0.3, -0.25) is 0 Å². The van der Waals surface area contributed by atoms with Crippen molar-refractivity contribution < 1.29 is 4.39 Å². The summed E-state index contributed by atoms with van der Waals surface area (Å²) in [6.07, 6.45) is 1.09. The molecular formula is C4H3ClFN3. The molecule has 0 aliphatic heterocycles. The molecule has 0 spiro atoms. The molecule has 0 bridgehead atoms. The lowest BCUT2D eigenvalue weighted by atomic mass is 10.7. The van der Waals surface area contributed by atoms with E-state index in [1.54, 1.807) is 0 Å². The minimum absolute atomic E-state index is 0.0916. The topological polar surface area (TPSA) is 51.8 Å². The molecule has 0 aromatic carbocycles. The standard InChI is InChI=1S/C4H3ClFN3/c5-2-1-8-3(6)4(7)9-2/h1H,(H2,7,9). The zero-order valence-electron chi connectivity index (χ0n) is 4.31. The molecule has 0 radical (unpaired) electrons. The fourth-order valence-corrected chi connectivity index (χ4v) is 0.506. The number of rotatable bonds is 0. The second-order valence-corrected chi connectivity index (χ2v) is 1.76. The van der Waals surface area contributed by atoms with E-state index in [0.29, 0.717) is 0 Å². The SMILES string of the molecule is Nc1nc(Cl)cnc1F. The summed E-state index contributed by atoms with van der Waals surface area (Å²) in [6.45, 7) is 0. The Hall–Kier alpha value is -0.900. The molecule has 1 rings (SSSR count). The number of aromatic nitrogens is 2. The van der Waals surface area contributed by atoms with Crippen molar-refractivity contribution >= 4 is 17.4 Å². The molecule has 0 fully saturated rings. The Labute approximate surface area is 55.7 Å². The van der Waals surface area contributed by atoms with Gasteiger partial charge in [-0.15, -0.1) is 0 Å². The maximum absolute atomic E-state index is 12.1. The third-order valence-electron chi connectivity index (χ3n) is 0.723. The predicted molar refractivity (Wildman–Crippen MR) is 31.4 cm³/mol. The van der Waals surface area contributed by atoms with Crippen molar-refractivity contribution in [3.8, 4) is 0 Å². The molecule has 0 aliphatic rings. The van der Waals surface area contributed by atoms with E-state index in [4.69, 9.17) is 17.3 Å². The van der Waals surface area contributed by atoms with Crippen molar-refractivity contribution in [2.45, 2.75) is 0 Å². The molecule has 0 saturated heterocycles. The highest BCUT2D eigenvalue weighted by Crippen LogP contribution is 2.06. The van der Waals surface area contributed by atoms with E-state index in [0.717, 1.165) is 6.20 Å². The first kappa shape index (κ1) is 6.22. The molecule has 0 saturated carbocycles. The molecule has 0 unspecified atom stereocenters. The van der Waals surface area contributed by atoms with Crippen molar-refractivity contribution in [1.29, 1.82) is 0 Å². The Morgan fingerprint density at radius 2 is 2.33 bits per heavy atom. The summed E-state index contributed by atoms with van der Waals surface area (Å²) in [6, 6.07) is 0. The van der Waals surface area contributed by atoms with E-state index >= 15 is 0 Å². The molecule has 1 aromatic rings. The number of halogens is 2. The van der Waals surface area contributed by atoms with Crippen molar-refractivity contribution in [2.24, 2.45) is 0 Å². The lowest BCUT2D eigenvalue weighted by Crippen LogP contribution is -1.96. The van der Waals surface area contributed by atoms with Gasteiger partial charge in [0.2, 0.25) is 0 Å². The van der Waals surface area contributed by atoms with Crippen LogP contribution in [-0.4, -0.2) is 9.97 Å². The lowest BCUT2D eigenvalue weighted by molar-refractivity contribution is 0.583. The van der Waals surface area contributed by atoms with Crippen LogP contribution in [0.25, 0.3) is 0 Å². The van der Waals surface area contributed by atoms with E-state index in [1.807, 2.05) is 0 Å². The van der Waals surface area contributed by atoms with E-state index in [1.165, 1.54) is 0 Å². The quantitative estimate of drug-likeness (QED) is 0.592. The maximum Gasteiger partial charge on any atom is 0.255 e. The van der Waals surface area contributed by atoms with Crippen molar-refractivity contribution in [2.75, 3.05) is 5.73 Å². The minimum Gasteiger partial charge on any atom is -0.380 e. The average Bonchev–Trinajstić information content (AvgIpc) is 1.80. The monoisotopic (exact) mass is 147 g/mol. The molecule has 3 nitrogen and oxygen atoms in total. The molecule has 2 N–H and O–H groups in total. The normalized spacial score (nSPS) is 9.56. The highest BCUT2D eigenvalue weighted by molar-refractivity contribution is 6.29. The summed E-state index contributed by atoms with van der Waals surface area (Å²) in [5, 5.41) is 0.0916. The number of hydrogen-bond donors (Lipinski definition) is 1. The van der Waals surface area contributed by atoms with Gasteiger partial charge in [0.25, 0.3) is 5.95 Å². The van der Waals surface area contributed by atoms with Gasteiger partial charge in [0.15, 0.2) is 5.82 Å². The van der Waals surface area contributed by atoms with Crippen LogP contribution in [0, 0.1) is 5.95 Å². The van der Waals surface area contributed by atoms with E-state index in [9.17, 15) is 4.39 Å². The van der Waals surface area contributed by atoms with E-state index in [2.05, 4.69) is 9.97 Å². The van der Waals surface area contributed by atoms with Gasteiger partial charge in [-0.05, 0) is 0 Å². The van der Waals surface area contributed by atoms with Crippen LogP contribution in [0.15, 0.2) is 6.20 Å². The van der Waals surface area contributed by atoms with Gasteiger partial charge in [-0.2, -0.15) is 4.39 Å². The maximum atomic E-state index is 12.1. The Morgan fingerprint density at radius 3 is 2.78 bits per heavy atom. The molecule has 9 heavy (non-hydrogen) atoms. The smallest absolute Gasteiger partial charge is 0.255 e. The molecule has 0 atom stereocenters. The highest BCUT2D eigenvalue weighted by Gasteiger charge is 1.98. The number of nitrogens with two attached hydrogens (primary N) is 1. The summed E-state index contributed by atoms with van der Waals surface area (Å²) in [4.78, 5) is 6.57. The fraction of sp³-hybridized carbons (Fsp3) is 0. The van der Waals surface area contributed by atoms with Crippen LogP contribution >= 0.6 is 11.6 Å². The number of anilines is 1. The molecule has 5 heteroatoms. The zero-order chi connectivity index (χ0) is 6.85. The Bertz CT molecular complexity index is 227. The highest BCUT2D eigenvalue weighted by atomic mass is 35.5. The van der Waals surface area contributed by atoms with Crippen LogP contribution in [0.5, 0.6) is 0 Å². The molecule has 0 amide bonds. The third-order valence-corrected chi connectivity index (χ3v) is 0.905. The largest absolute Gasteiger partial charge is 0.380 e. The summed E-state index contributed by atoms with van der Waals surface area (Å²) in [7, 11) is 0. The van der Waals surface area contributed by atoms with Gasteiger partial charge in [0, 0.05) is 0 Å². The van der Waals surface area contributed by atoms with Crippen LogP contribution < -0.4 is 5.73 Å². The van der Waals surface area contributed by atoms with Gasteiger partial charge < -0.3 is 5.73 Å². The first-order valence-electron chi connectivity index (χ1n) is 2.13. The van der Waals surface area contributed by atoms with Crippen molar-refractivity contribution in [1.82, 2.24) is 9.97 Å². The minimum atomic E-state index is -0.792. The summed E-state index contributed by atoms with van der Waals surface area (Å²) in [5.41, 5.74) is 4.99. The summed E-state index contributed by atoms with van der Waals surface area (Å²) in [5.74, 6) is -1.07. The second kappa shape index (κ2) is 2.14. The van der Waals surface area contributed by atoms with Gasteiger partial charge in [0.05, 0.1) is 6.20 Å². The van der Waals surface area contributed by atoms with E-state index < -0.39 is 5.95 Å². The fourth-order valence-electron chi connectivity index (χ4n) is 0.366. The zero-order valence-corrected chi connectivity index (χ0v) is 5.06. The molecular weight excluding hydrogens is 145 g/mol. The molecule has 48 valence electrons. The van der Waals surface area contributed by atoms with Crippen molar-refractivity contribution in [3.63, 3.8) is 0 Å². The predicted octanol–water partition coefficient (Wildman–Crippen LogP) is 0.851.